The van der Waals surface area contributed by atoms with Gasteiger partial charge in [-0.1, -0.05) is 62.4 Å². The maximum absolute atomic E-state index is 4.52. The maximum Gasteiger partial charge on any atom is 0.0890 e. The highest BCUT2D eigenvalue weighted by Crippen LogP contribution is 2.31. The first-order valence-electron chi connectivity index (χ1n) is 9.49. The van der Waals surface area contributed by atoms with Gasteiger partial charge in [0, 0.05) is 12.8 Å². The molecule has 2 unspecified atom stereocenters. The highest BCUT2D eigenvalue weighted by Gasteiger charge is 2.16. The van der Waals surface area contributed by atoms with E-state index in [-0.39, 0.29) is 0 Å². The van der Waals surface area contributed by atoms with Crippen molar-refractivity contribution in [2.24, 2.45) is 10.9 Å². The molecule has 0 heterocycles. The zero-order chi connectivity index (χ0) is 19.1. The summed E-state index contributed by atoms with van der Waals surface area (Å²) in [6, 6.07) is 13.1. The molecule has 0 spiro atoms. The van der Waals surface area contributed by atoms with Gasteiger partial charge in [0.15, 0.2) is 0 Å². The van der Waals surface area contributed by atoms with Crippen LogP contribution in [0.1, 0.15) is 48.4 Å². The summed E-state index contributed by atoms with van der Waals surface area (Å²) in [6.07, 6.45) is 4.58. The minimum atomic E-state index is 0.549. The van der Waals surface area contributed by atoms with Gasteiger partial charge in [-0.2, -0.15) is 0 Å². The molecule has 0 radical (unpaired) electrons. The number of rotatable bonds is 8. The van der Waals surface area contributed by atoms with Crippen molar-refractivity contribution in [3.8, 4) is 0 Å². The van der Waals surface area contributed by atoms with Gasteiger partial charge < -0.3 is 5.32 Å². The highest BCUT2D eigenvalue weighted by atomic mass is 14.9. The van der Waals surface area contributed by atoms with Crippen molar-refractivity contribution in [1.29, 1.82) is 0 Å². The molecule has 0 aliphatic carbocycles. The van der Waals surface area contributed by atoms with Crippen LogP contribution in [0, 0.1) is 26.7 Å². The SMILES string of the molecule is C=CC=Nc1c(C)cccc1NCCC(C)C(C)c1ccc(C)cc1C. The average Bonchev–Trinajstić information content (AvgIpc) is 2.60. The van der Waals surface area contributed by atoms with E-state index in [0.717, 1.165) is 24.3 Å². The highest BCUT2D eigenvalue weighted by molar-refractivity contribution is 5.79. The Morgan fingerprint density at radius 1 is 1.08 bits per heavy atom. The summed E-state index contributed by atoms with van der Waals surface area (Å²) in [5.74, 6) is 1.15. The summed E-state index contributed by atoms with van der Waals surface area (Å²) in [5.41, 5.74) is 7.47. The monoisotopic (exact) mass is 348 g/mol. The second-order valence-corrected chi connectivity index (χ2v) is 7.33. The fourth-order valence-corrected chi connectivity index (χ4v) is 3.43. The van der Waals surface area contributed by atoms with E-state index < -0.39 is 0 Å². The predicted octanol–water partition coefficient (Wildman–Crippen LogP) is 6.74. The molecule has 0 saturated heterocycles. The minimum absolute atomic E-state index is 0.549. The first kappa shape index (κ1) is 20.0. The molecule has 0 aliphatic heterocycles. The number of aryl methyl sites for hydroxylation is 3. The van der Waals surface area contributed by atoms with Gasteiger partial charge in [-0.25, -0.2) is 0 Å². The molecule has 0 aliphatic rings. The van der Waals surface area contributed by atoms with Gasteiger partial charge in [0.2, 0.25) is 0 Å². The third-order valence-electron chi connectivity index (χ3n) is 5.23. The van der Waals surface area contributed by atoms with Crippen LogP contribution in [0.5, 0.6) is 0 Å². The molecule has 2 atom stereocenters. The summed E-state index contributed by atoms with van der Waals surface area (Å²) in [6.45, 7) is 15.8. The van der Waals surface area contributed by atoms with E-state index in [1.165, 1.54) is 22.3 Å². The number of nitrogens with zero attached hydrogens (tertiary/aromatic N) is 1. The molecule has 0 bridgehead atoms. The lowest BCUT2D eigenvalue weighted by molar-refractivity contribution is 0.463. The topological polar surface area (TPSA) is 24.4 Å². The van der Waals surface area contributed by atoms with E-state index in [4.69, 9.17) is 0 Å². The average molecular weight is 349 g/mol. The first-order valence-corrected chi connectivity index (χ1v) is 9.49. The van der Waals surface area contributed by atoms with Crippen LogP contribution in [0.25, 0.3) is 0 Å². The van der Waals surface area contributed by atoms with Crippen molar-refractivity contribution in [2.75, 3.05) is 11.9 Å². The van der Waals surface area contributed by atoms with Crippen LogP contribution in [-0.4, -0.2) is 12.8 Å². The molecule has 0 aromatic heterocycles. The lowest BCUT2D eigenvalue weighted by Crippen LogP contribution is -2.13. The molecule has 26 heavy (non-hydrogen) atoms. The second-order valence-electron chi connectivity index (χ2n) is 7.33. The Hall–Kier alpha value is -2.35. The molecule has 2 nitrogen and oxygen atoms in total. The fourth-order valence-electron chi connectivity index (χ4n) is 3.43. The fraction of sp³-hybridized carbons (Fsp3) is 0.375. The van der Waals surface area contributed by atoms with Crippen molar-refractivity contribution < 1.29 is 0 Å². The summed E-state index contributed by atoms with van der Waals surface area (Å²) < 4.78 is 0. The van der Waals surface area contributed by atoms with Crippen LogP contribution < -0.4 is 5.32 Å². The zero-order valence-electron chi connectivity index (χ0n) is 16.8. The van der Waals surface area contributed by atoms with Crippen molar-refractivity contribution >= 4 is 17.6 Å². The Balaban J connectivity index is 2.00. The number of para-hydroxylation sites is 1. The minimum Gasteiger partial charge on any atom is -0.383 e. The van der Waals surface area contributed by atoms with E-state index in [1.54, 1.807) is 12.3 Å². The quantitative estimate of drug-likeness (QED) is 0.525. The van der Waals surface area contributed by atoms with E-state index in [2.05, 4.69) is 87.9 Å². The molecular weight excluding hydrogens is 316 g/mol. The summed E-state index contributed by atoms with van der Waals surface area (Å²) in [7, 11) is 0. The zero-order valence-corrected chi connectivity index (χ0v) is 16.8. The molecular formula is C24H32N2. The largest absolute Gasteiger partial charge is 0.383 e. The standard InChI is InChI=1S/C24H32N2/c1-7-14-26-24-19(4)9-8-10-23(24)25-15-13-18(3)21(6)22-12-11-17(2)16-20(22)5/h7-12,14,16,18,21,25H,1,13,15H2,2-6H3. The van der Waals surface area contributed by atoms with Crippen LogP contribution >= 0.6 is 0 Å². The molecule has 2 aromatic carbocycles. The van der Waals surface area contributed by atoms with Gasteiger partial charge in [-0.05, 0) is 61.8 Å². The molecule has 2 rings (SSSR count). The number of hydrogen-bond acceptors (Lipinski definition) is 2. The van der Waals surface area contributed by atoms with Crippen LogP contribution in [0.15, 0.2) is 54.0 Å². The number of anilines is 1. The lowest BCUT2D eigenvalue weighted by atomic mass is 9.84. The Bertz CT molecular complexity index is 774. The summed E-state index contributed by atoms with van der Waals surface area (Å²) in [5, 5.41) is 3.58. The van der Waals surface area contributed by atoms with E-state index in [9.17, 15) is 0 Å². The Labute approximate surface area is 159 Å². The van der Waals surface area contributed by atoms with Gasteiger partial charge in [0.05, 0.1) is 11.4 Å². The number of nitrogens with one attached hydrogen (secondary N) is 1. The van der Waals surface area contributed by atoms with Gasteiger partial charge in [0.25, 0.3) is 0 Å². The van der Waals surface area contributed by atoms with Crippen LogP contribution in [0.2, 0.25) is 0 Å². The van der Waals surface area contributed by atoms with Crippen LogP contribution in [0.4, 0.5) is 11.4 Å². The van der Waals surface area contributed by atoms with Crippen LogP contribution in [-0.2, 0) is 0 Å². The first-order chi connectivity index (χ1) is 12.4. The Morgan fingerprint density at radius 2 is 1.85 bits per heavy atom. The van der Waals surface area contributed by atoms with E-state index in [1.807, 2.05) is 0 Å². The van der Waals surface area contributed by atoms with Gasteiger partial charge in [0.1, 0.15) is 0 Å². The number of benzene rings is 2. The molecule has 0 saturated carbocycles. The number of aliphatic imine (C=N–C) groups is 1. The van der Waals surface area contributed by atoms with Crippen molar-refractivity contribution in [1.82, 2.24) is 0 Å². The third-order valence-corrected chi connectivity index (χ3v) is 5.23. The molecule has 2 aromatic rings. The van der Waals surface area contributed by atoms with Crippen LogP contribution in [0.3, 0.4) is 0 Å². The smallest absolute Gasteiger partial charge is 0.0890 e. The summed E-state index contributed by atoms with van der Waals surface area (Å²) >= 11 is 0. The third kappa shape index (κ3) is 5.08. The number of hydrogen-bond donors (Lipinski definition) is 1. The van der Waals surface area contributed by atoms with Gasteiger partial charge in [-0.3, -0.25) is 4.99 Å². The van der Waals surface area contributed by atoms with E-state index >= 15 is 0 Å². The molecule has 2 heteroatoms. The normalized spacial score (nSPS) is 13.6. The van der Waals surface area contributed by atoms with Gasteiger partial charge in [-0.15, -0.1) is 0 Å². The molecule has 138 valence electrons. The number of allylic oxidation sites excluding steroid dienone is 1. The molecule has 0 amide bonds. The van der Waals surface area contributed by atoms with Crippen molar-refractivity contribution in [3.63, 3.8) is 0 Å². The Morgan fingerprint density at radius 3 is 2.54 bits per heavy atom. The van der Waals surface area contributed by atoms with E-state index in [0.29, 0.717) is 11.8 Å². The van der Waals surface area contributed by atoms with Crippen molar-refractivity contribution in [3.05, 3.63) is 71.3 Å². The lowest BCUT2D eigenvalue weighted by Gasteiger charge is -2.23. The second kappa shape index (κ2) is 9.38. The Kier molecular flexibility index (Phi) is 7.20. The summed E-state index contributed by atoms with van der Waals surface area (Å²) in [4.78, 5) is 4.52. The van der Waals surface area contributed by atoms with Gasteiger partial charge >= 0.3 is 0 Å². The molecule has 1 N–H and O–H groups in total. The predicted molar refractivity (Wildman–Crippen MR) is 116 cm³/mol. The van der Waals surface area contributed by atoms with Crippen molar-refractivity contribution in [2.45, 2.75) is 47.0 Å². The molecule has 0 fully saturated rings. The maximum atomic E-state index is 4.52.